The molecule has 0 aliphatic carbocycles. The summed E-state index contributed by atoms with van der Waals surface area (Å²) in [4.78, 5) is 16.3. The van der Waals surface area contributed by atoms with Gasteiger partial charge in [-0.2, -0.15) is 5.10 Å². The zero-order valence-corrected chi connectivity index (χ0v) is 18.6. The number of benzene rings is 2. The number of likely N-dealkylation sites (tertiary alicyclic amines) is 1. The number of rotatable bonds is 5. The highest BCUT2D eigenvalue weighted by molar-refractivity contribution is 5.93. The molecule has 1 saturated heterocycles. The molecule has 1 fully saturated rings. The van der Waals surface area contributed by atoms with E-state index in [9.17, 15) is 4.79 Å². The van der Waals surface area contributed by atoms with Crippen LogP contribution in [0.2, 0.25) is 0 Å². The van der Waals surface area contributed by atoms with Crippen LogP contribution in [0.3, 0.4) is 0 Å². The number of aromatic nitrogens is 2. The first-order valence-electron chi connectivity index (χ1n) is 11.0. The molecule has 0 bridgehead atoms. The van der Waals surface area contributed by atoms with Crippen molar-refractivity contribution < 1.29 is 9.69 Å². The van der Waals surface area contributed by atoms with Crippen LogP contribution < -0.4 is 4.90 Å². The second-order valence-corrected chi connectivity index (χ2v) is 8.55. The van der Waals surface area contributed by atoms with Crippen molar-refractivity contribution in [2.75, 3.05) is 27.2 Å². The molecule has 0 spiro atoms. The molecule has 2 aromatic carbocycles. The first-order valence-corrected chi connectivity index (χ1v) is 11.0. The second kappa shape index (κ2) is 9.31. The van der Waals surface area contributed by atoms with Gasteiger partial charge < -0.3 is 9.80 Å². The average molecular weight is 416 g/mol. The maximum absolute atomic E-state index is 12.9. The fourth-order valence-electron chi connectivity index (χ4n) is 4.10. The molecule has 160 valence electrons. The minimum Gasteiger partial charge on any atom is -0.339 e. The van der Waals surface area contributed by atoms with E-state index in [1.807, 2.05) is 59.2 Å². The van der Waals surface area contributed by atoms with Crippen molar-refractivity contribution >= 4 is 12.0 Å². The van der Waals surface area contributed by atoms with Crippen LogP contribution in [0.5, 0.6) is 0 Å². The summed E-state index contributed by atoms with van der Waals surface area (Å²) in [5.41, 5.74) is 5.05. The molecule has 1 aliphatic rings. The third-order valence-electron chi connectivity index (χ3n) is 6.20. The number of amides is 1. The van der Waals surface area contributed by atoms with Gasteiger partial charge in [-0.15, -0.1) is 0 Å². The van der Waals surface area contributed by atoms with Crippen molar-refractivity contribution in [1.29, 1.82) is 0 Å². The molecular weight excluding hydrogens is 384 g/mol. The van der Waals surface area contributed by atoms with Crippen LogP contribution in [0, 0.1) is 6.92 Å². The number of likely N-dealkylation sites (N-methyl/N-ethyl adjacent to an activating group) is 1. The Kier molecular flexibility index (Phi) is 6.33. The minimum absolute atomic E-state index is 0.0480. The number of nitrogens with one attached hydrogen (secondary N) is 1. The highest BCUT2D eigenvalue weighted by atomic mass is 16.2. The van der Waals surface area contributed by atoms with Crippen LogP contribution >= 0.6 is 0 Å². The quantitative estimate of drug-likeness (QED) is 0.651. The summed E-state index contributed by atoms with van der Waals surface area (Å²) in [7, 11) is 4.14. The van der Waals surface area contributed by atoms with Crippen molar-refractivity contribution in [3.8, 4) is 16.9 Å². The summed E-state index contributed by atoms with van der Waals surface area (Å²) in [6.07, 6.45) is 7.70. The molecule has 0 unspecified atom stereocenters. The smallest absolute Gasteiger partial charge is 0.246 e. The van der Waals surface area contributed by atoms with Gasteiger partial charge in [-0.3, -0.25) is 4.79 Å². The number of aryl methyl sites for hydroxylation is 1. The summed E-state index contributed by atoms with van der Waals surface area (Å²) in [6, 6.07) is 18.7. The third-order valence-corrected chi connectivity index (χ3v) is 6.20. The molecule has 1 N–H and O–H groups in total. The zero-order chi connectivity index (χ0) is 21.8. The molecule has 5 nitrogen and oxygen atoms in total. The maximum Gasteiger partial charge on any atom is 0.246 e. The third kappa shape index (κ3) is 4.94. The van der Waals surface area contributed by atoms with Gasteiger partial charge in [0, 0.05) is 49.3 Å². The molecule has 1 aromatic heterocycles. The summed E-state index contributed by atoms with van der Waals surface area (Å²) in [5, 5.41) is 4.84. The Hall–Kier alpha value is -3.18. The highest BCUT2D eigenvalue weighted by Crippen LogP contribution is 2.25. The lowest BCUT2D eigenvalue weighted by Crippen LogP contribution is -3.10. The molecule has 0 radical (unpaired) electrons. The predicted molar refractivity (Wildman–Crippen MR) is 125 cm³/mol. The maximum atomic E-state index is 12.9. The van der Waals surface area contributed by atoms with E-state index in [0.717, 1.165) is 48.4 Å². The van der Waals surface area contributed by atoms with Gasteiger partial charge in [0.2, 0.25) is 5.91 Å². The molecule has 0 atom stereocenters. The molecule has 5 heteroatoms. The van der Waals surface area contributed by atoms with Crippen LogP contribution in [0.4, 0.5) is 0 Å². The molecule has 4 rings (SSSR count). The van der Waals surface area contributed by atoms with Gasteiger partial charge in [0.25, 0.3) is 0 Å². The lowest BCUT2D eigenvalue weighted by Gasteiger charge is -2.32. The van der Waals surface area contributed by atoms with Crippen molar-refractivity contribution in [2.24, 2.45) is 0 Å². The Morgan fingerprint density at radius 2 is 1.77 bits per heavy atom. The van der Waals surface area contributed by atoms with E-state index in [-0.39, 0.29) is 5.91 Å². The van der Waals surface area contributed by atoms with Gasteiger partial charge in [-0.25, -0.2) is 4.68 Å². The number of hydrogen-bond acceptors (Lipinski definition) is 2. The molecule has 1 aliphatic heterocycles. The van der Waals surface area contributed by atoms with Gasteiger partial charge in [-0.1, -0.05) is 48.0 Å². The normalized spacial score (nSPS) is 18.9. The zero-order valence-electron chi connectivity index (χ0n) is 18.6. The second-order valence-electron chi connectivity index (χ2n) is 8.55. The predicted octanol–water partition coefficient (Wildman–Crippen LogP) is 3.00. The molecular formula is C26H31N4O+. The summed E-state index contributed by atoms with van der Waals surface area (Å²) in [5.74, 6) is 0.0480. The average Bonchev–Trinajstić information content (AvgIpc) is 3.23. The molecule has 1 amide bonds. The van der Waals surface area contributed by atoms with E-state index in [1.165, 1.54) is 5.56 Å². The van der Waals surface area contributed by atoms with E-state index in [0.29, 0.717) is 6.04 Å². The minimum atomic E-state index is 0.0480. The lowest BCUT2D eigenvalue weighted by molar-refractivity contribution is -0.885. The highest BCUT2D eigenvalue weighted by Gasteiger charge is 2.25. The molecule has 31 heavy (non-hydrogen) atoms. The molecule has 0 saturated carbocycles. The van der Waals surface area contributed by atoms with E-state index >= 15 is 0 Å². The van der Waals surface area contributed by atoms with Crippen LogP contribution in [0.25, 0.3) is 23.0 Å². The number of quaternary nitrogens is 1. The number of para-hydroxylation sites is 1. The molecule has 2 heterocycles. The Morgan fingerprint density at radius 3 is 2.45 bits per heavy atom. The van der Waals surface area contributed by atoms with Gasteiger partial charge in [0.05, 0.1) is 31.5 Å². The summed E-state index contributed by atoms with van der Waals surface area (Å²) < 4.78 is 1.88. The largest absolute Gasteiger partial charge is 0.339 e. The number of piperidine rings is 1. The van der Waals surface area contributed by atoms with Crippen molar-refractivity contribution in [3.05, 3.63) is 78.0 Å². The summed E-state index contributed by atoms with van der Waals surface area (Å²) >= 11 is 0. The fourth-order valence-corrected chi connectivity index (χ4v) is 4.10. The SMILES string of the molecule is Cc1ccc(-c2nn(-c3ccccc3)cc2/C=C/C(=O)N(C)C2CC[NH+](C)CC2)cc1. The number of carbonyl (C=O) groups is 1. The van der Waals surface area contributed by atoms with Crippen LogP contribution in [0.1, 0.15) is 24.0 Å². The van der Waals surface area contributed by atoms with Gasteiger partial charge in [0.1, 0.15) is 0 Å². The molecule has 3 aromatic rings. The van der Waals surface area contributed by atoms with Crippen LogP contribution in [-0.2, 0) is 4.79 Å². The first-order chi connectivity index (χ1) is 15.0. The Labute approximate surface area is 184 Å². The van der Waals surface area contributed by atoms with E-state index in [2.05, 4.69) is 38.2 Å². The van der Waals surface area contributed by atoms with Crippen molar-refractivity contribution in [3.63, 3.8) is 0 Å². The monoisotopic (exact) mass is 415 g/mol. The topological polar surface area (TPSA) is 42.6 Å². The van der Waals surface area contributed by atoms with E-state index in [4.69, 9.17) is 5.10 Å². The van der Waals surface area contributed by atoms with Crippen molar-refractivity contribution in [2.45, 2.75) is 25.8 Å². The van der Waals surface area contributed by atoms with Crippen LogP contribution in [0.15, 0.2) is 66.9 Å². The Balaban J connectivity index is 1.61. The van der Waals surface area contributed by atoms with Crippen LogP contribution in [-0.4, -0.2) is 53.8 Å². The van der Waals surface area contributed by atoms with E-state index < -0.39 is 0 Å². The lowest BCUT2D eigenvalue weighted by atomic mass is 10.0. The van der Waals surface area contributed by atoms with Crippen molar-refractivity contribution in [1.82, 2.24) is 14.7 Å². The van der Waals surface area contributed by atoms with Gasteiger partial charge in [0.15, 0.2) is 0 Å². The summed E-state index contributed by atoms with van der Waals surface area (Å²) in [6.45, 7) is 4.31. The Morgan fingerprint density at radius 1 is 1.10 bits per heavy atom. The number of nitrogens with zero attached hydrogens (tertiary/aromatic N) is 3. The number of hydrogen-bond donors (Lipinski definition) is 1. The van der Waals surface area contributed by atoms with Gasteiger partial charge >= 0.3 is 0 Å². The van der Waals surface area contributed by atoms with E-state index in [1.54, 1.807) is 11.0 Å². The van der Waals surface area contributed by atoms with Gasteiger partial charge in [-0.05, 0) is 25.1 Å². The fraction of sp³-hybridized carbons (Fsp3) is 0.308. The Bertz CT molecular complexity index is 1040. The standard InChI is InChI=1S/C26H30N4O/c1-20-9-11-21(12-10-20)26-22(19-30(27-26)24-7-5-4-6-8-24)13-14-25(31)29(3)23-15-17-28(2)18-16-23/h4-14,19,23H,15-18H2,1-3H3/p+1/b14-13+. The number of carbonyl (C=O) groups excluding carboxylic acids is 1. The first kappa shape index (κ1) is 21.1.